The topological polar surface area (TPSA) is 39.2 Å². The van der Waals surface area contributed by atoms with Gasteiger partial charge in [0.15, 0.2) is 0 Å². The maximum absolute atomic E-state index is 6.43. The van der Waals surface area contributed by atoms with Crippen LogP contribution in [-0.2, 0) is 0 Å². The van der Waals surface area contributed by atoms with E-state index >= 15 is 0 Å². The van der Waals surface area contributed by atoms with Crippen molar-refractivity contribution < 1.29 is 4.42 Å². The Morgan fingerprint density at radius 2 is 1.84 bits per heavy atom. The Morgan fingerprint density at radius 1 is 1.16 bits per heavy atom. The molecule has 0 aliphatic carbocycles. The molecule has 2 aromatic rings. The molecule has 0 radical (unpaired) electrons. The van der Waals surface area contributed by atoms with Gasteiger partial charge in [0.2, 0.25) is 0 Å². The molecule has 0 saturated heterocycles. The second-order valence-corrected chi connectivity index (χ2v) is 5.51. The number of benzene rings is 1. The van der Waals surface area contributed by atoms with E-state index in [1.807, 2.05) is 0 Å². The third kappa shape index (κ3) is 3.01. The Labute approximate surface area is 116 Å². The fraction of sp³-hybridized carbons (Fsp3) is 0.529. The van der Waals surface area contributed by atoms with Crippen LogP contribution < -0.4 is 5.73 Å². The molecule has 0 aliphatic rings. The summed E-state index contributed by atoms with van der Waals surface area (Å²) in [6, 6.07) is 8.38. The highest BCUT2D eigenvalue weighted by Crippen LogP contribution is 2.32. The van der Waals surface area contributed by atoms with Gasteiger partial charge < -0.3 is 10.2 Å². The monoisotopic (exact) mass is 259 g/mol. The van der Waals surface area contributed by atoms with Crippen molar-refractivity contribution in [2.75, 3.05) is 0 Å². The van der Waals surface area contributed by atoms with Crippen LogP contribution in [0.3, 0.4) is 0 Å². The smallest absolute Gasteiger partial charge is 0.137 e. The van der Waals surface area contributed by atoms with Crippen LogP contribution in [0.15, 0.2) is 28.7 Å². The van der Waals surface area contributed by atoms with Crippen molar-refractivity contribution in [1.82, 2.24) is 0 Å². The first kappa shape index (κ1) is 14.1. The van der Waals surface area contributed by atoms with Crippen molar-refractivity contribution in [3.05, 3.63) is 35.6 Å². The molecule has 1 aromatic heterocycles. The number of aryl methyl sites for hydroxylation is 1. The molecular weight excluding hydrogens is 234 g/mol. The average Bonchev–Trinajstić information content (AvgIpc) is 2.83. The van der Waals surface area contributed by atoms with Crippen LogP contribution in [0, 0.1) is 12.8 Å². The standard InChI is InChI=1S/C17H25NO/c1-4-7-13(8-5-2)16(18)15-11-14-10-6-9-12(3)17(14)19-15/h6,9-11,13,16H,4-5,7-8,18H2,1-3H3. The zero-order chi connectivity index (χ0) is 13.8. The molecule has 19 heavy (non-hydrogen) atoms. The Balaban J connectivity index is 2.29. The minimum absolute atomic E-state index is 0.0201. The Kier molecular flexibility index (Phi) is 4.65. The summed E-state index contributed by atoms with van der Waals surface area (Å²) in [4.78, 5) is 0. The zero-order valence-electron chi connectivity index (χ0n) is 12.3. The van der Waals surface area contributed by atoms with Gasteiger partial charge in [0.25, 0.3) is 0 Å². The molecule has 1 heterocycles. The maximum Gasteiger partial charge on any atom is 0.137 e. The number of furan rings is 1. The Hall–Kier alpha value is -1.28. The summed E-state index contributed by atoms with van der Waals surface area (Å²) in [7, 11) is 0. The fourth-order valence-corrected chi connectivity index (χ4v) is 2.87. The highest BCUT2D eigenvalue weighted by Gasteiger charge is 2.21. The molecule has 2 rings (SSSR count). The second kappa shape index (κ2) is 6.25. The molecule has 0 aliphatic heterocycles. The molecule has 104 valence electrons. The molecule has 0 spiro atoms. The number of nitrogens with two attached hydrogens (primary N) is 1. The fourth-order valence-electron chi connectivity index (χ4n) is 2.87. The van der Waals surface area contributed by atoms with Gasteiger partial charge in [-0.15, -0.1) is 0 Å². The van der Waals surface area contributed by atoms with Crippen molar-refractivity contribution in [1.29, 1.82) is 0 Å². The number of hydrogen-bond acceptors (Lipinski definition) is 2. The molecular formula is C17H25NO. The number of rotatable bonds is 6. The molecule has 2 heteroatoms. The first-order chi connectivity index (χ1) is 9.17. The number of para-hydroxylation sites is 1. The van der Waals surface area contributed by atoms with Gasteiger partial charge in [-0.3, -0.25) is 0 Å². The molecule has 0 amide bonds. The predicted octanol–water partition coefficient (Wildman–Crippen LogP) is 4.96. The summed E-state index contributed by atoms with van der Waals surface area (Å²) < 4.78 is 6.01. The lowest BCUT2D eigenvalue weighted by Gasteiger charge is -2.21. The van der Waals surface area contributed by atoms with Crippen molar-refractivity contribution in [2.45, 2.75) is 52.5 Å². The molecule has 0 bridgehead atoms. The van der Waals surface area contributed by atoms with E-state index in [1.165, 1.54) is 31.2 Å². The van der Waals surface area contributed by atoms with Gasteiger partial charge in [-0.1, -0.05) is 44.9 Å². The summed E-state index contributed by atoms with van der Waals surface area (Å²) in [5.74, 6) is 1.46. The Bertz CT molecular complexity index is 523. The molecule has 1 atom stereocenters. The van der Waals surface area contributed by atoms with Crippen molar-refractivity contribution >= 4 is 11.0 Å². The van der Waals surface area contributed by atoms with Crippen molar-refractivity contribution in [3.63, 3.8) is 0 Å². The lowest BCUT2D eigenvalue weighted by Crippen LogP contribution is -2.20. The quantitative estimate of drug-likeness (QED) is 0.796. The summed E-state index contributed by atoms with van der Waals surface area (Å²) in [6.45, 7) is 6.52. The van der Waals surface area contributed by atoms with E-state index < -0.39 is 0 Å². The van der Waals surface area contributed by atoms with Crippen LogP contribution in [-0.4, -0.2) is 0 Å². The van der Waals surface area contributed by atoms with Gasteiger partial charge in [-0.05, 0) is 37.3 Å². The number of hydrogen-bond donors (Lipinski definition) is 1. The van der Waals surface area contributed by atoms with Crippen LogP contribution >= 0.6 is 0 Å². The van der Waals surface area contributed by atoms with Crippen molar-refractivity contribution in [2.24, 2.45) is 11.7 Å². The highest BCUT2D eigenvalue weighted by molar-refractivity contribution is 5.81. The van der Waals surface area contributed by atoms with Crippen molar-refractivity contribution in [3.8, 4) is 0 Å². The van der Waals surface area contributed by atoms with Gasteiger partial charge in [0.1, 0.15) is 11.3 Å². The molecule has 1 aromatic carbocycles. The third-order valence-corrected chi connectivity index (χ3v) is 3.92. The molecule has 0 saturated carbocycles. The SMILES string of the molecule is CCCC(CCC)C(N)c1cc2cccc(C)c2o1. The predicted molar refractivity (Wildman–Crippen MR) is 81.2 cm³/mol. The van der Waals surface area contributed by atoms with E-state index in [0.717, 1.165) is 16.7 Å². The van der Waals surface area contributed by atoms with Gasteiger partial charge in [-0.25, -0.2) is 0 Å². The van der Waals surface area contributed by atoms with E-state index in [0.29, 0.717) is 5.92 Å². The van der Waals surface area contributed by atoms with Crippen LogP contribution in [0.2, 0.25) is 0 Å². The van der Waals surface area contributed by atoms with Gasteiger partial charge >= 0.3 is 0 Å². The molecule has 1 unspecified atom stereocenters. The van der Waals surface area contributed by atoms with E-state index in [4.69, 9.17) is 10.2 Å². The lowest BCUT2D eigenvalue weighted by atomic mass is 9.89. The minimum Gasteiger partial charge on any atom is -0.459 e. The largest absolute Gasteiger partial charge is 0.459 e. The molecule has 0 fully saturated rings. The normalized spacial score (nSPS) is 13.3. The first-order valence-corrected chi connectivity index (χ1v) is 7.42. The second-order valence-electron chi connectivity index (χ2n) is 5.51. The van der Waals surface area contributed by atoms with E-state index in [1.54, 1.807) is 0 Å². The summed E-state index contributed by atoms with van der Waals surface area (Å²) in [5, 5.41) is 1.16. The highest BCUT2D eigenvalue weighted by atomic mass is 16.3. The first-order valence-electron chi connectivity index (χ1n) is 7.42. The van der Waals surface area contributed by atoms with Crippen LogP contribution in [0.5, 0.6) is 0 Å². The summed E-state index contributed by atoms with van der Waals surface area (Å²) in [5.41, 5.74) is 8.60. The van der Waals surface area contributed by atoms with E-state index in [9.17, 15) is 0 Å². The number of fused-ring (bicyclic) bond motifs is 1. The zero-order valence-corrected chi connectivity index (χ0v) is 12.3. The van der Waals surface area contributed by atoms with E-state index in [-0.39, 0.29) is 6.04 Å². The summed E-state index contributed by atoms with van der Waals surface area (Å²) >= 11 is 0. The van der Waals surface area contributed by atoms with Gasteiger partial charge in [0.05, 0.1) is 6.04 Å². The van der Waals surface area contributed by atoms with Crippen LogP contribution in [0.4, 0.5) is 0 Å². The third-order valence-electron chi connectivity index (χ3n) is 3.92. The lowest BCUT2D eigenvalue weighted by molar-refractivity contribution is 0.330. The van der Waals surface area contributed by atoms with Crippen LogP contribution in [0.25, 0.3) is 11.0 Å². The van der Waals surface area contributed by atoms with E-state index in [2.05, 4.69) is 45.0 Å². The summed E-state index contributed by atoms with van der Waals surface area (Å²) in [6.07, 6.45) is 4.70. The van der Waals surface area contributed by atoms with Crippen LogP contribution in [0.1, 0.15) is 56.9 Å². The Morgan fingerprint density at radius 3 is 2.42 bits per heavy atom. The molecule has 2 nitrogen and oxygen atoms in total. The minimum atomic E-state index is 0.0201. The van der Waals surface area contributed by atoms with Gasteiger partial charge in [0, 0.05) is 5.39 Å². The average molecular weight is 259 g/mol. The molecule has 2 N–H and O–H groups in total. The maximum atomic E-state index is 6.43. The van der Waals surface area contributed by atoms with Gasteiger partial charge in [-0.2, -0.15) is 0 Å².